The van der Waals surface area contributed by atoms with Gasteiger partial charge in [0.05, 0.1) is 29.6 Å². The van der Waals surface area contributed by atoms with Crippen molar-refractivity contribution in [2.75, 3.05) is 17.7 Å². The molecule has 0 aliphatic rings. The average molecular weight is 663 g/mol. The molecule has 0 atom stereocenters. The van der Waals surface area contributed by atoms with Gasteiger partial charge in [0, 0.05) is 39.2 Å². The number of benzene rings is 5. The molecule has 0 aliphatic carbocycles. The van der Waals surface area contributed by atoms with Crippen LogP contribution in [0.4, 0.5) is 11.4 Å². The summed E-state index contributed by atoms with van der Waals surface area (Å²) in [6.45, 7) is 1.61. The predicted octanol–water partition coefficient (Wildman–Crippen LogP) is 7.78. The summed E-state index contributed by atoms with van der Waals surface area (Å²) in [5.74, 6) is -1.89. The highest BCUT2D eigenvalue weighted by atomic mass is 16.5. The van der Waals surface area contributed by atoms with Gasteiger partial charge in [-0.15, -0.1) is 0 Å². The third-order valence-corrected chi connectivity index (χ3v) is 7.99. The highest BCUT2D eigenvalue weighted by Gasteiger charge is 2.17. The van der Waals surface area contributed by atoms with E-state index in [4.69, 9.17) is 14.7 Å². The molecule has 5 aromatic carbocycles. The number of aromatic carboxylic acids is 1. The van der Waals surface area contributed by atoms with Gasteiger partial charge in [0.2, 0.25) is 0 Å². The SMILES string of the molecule is COC(=O)c1cccc(C(=O)Nc2ccc(-c3cc(-c4ccc(NC(=O)c5cccc(C(=O)O)c5C)cc4)nc(-c4ccccc4)n3)cc2)c1. The summed E-state index contributed by atoms with van der Waals surface area (Å²) in [6.07, 6.45) is 0. The van der Waals surface area contributed by atoms with Crippen molar-refractivity contribution in [1.82, 2.24) is 9.97 Å². The lowest BCUT2D eigenvalue weighted by atomic mass is 10.0. The summed E-state index contributed by atoms with van der Waals surface area (Å²) >= 11 is 0. The molecule has 6 rings (SSSR count). The van der Waals surface area contributed by atoms with Crippen LogP contribution in [0.1, 0.15) is 47.0 Å². The van der Waals surface area contributed by atoms with Crippen LogP contribution in [-0.4, -0.2) is 45.9 Å². The summed E-state index contributed by atoms with van der Waals surface area (Å²) in [5, 5.41) is 15.1. The smallest absolute Gasteiger partial charge is 0.337 e. The monoisotopic (exact) mass is 662 g/mol. The number of hydrogen-bond donors (Lipinski definition) is 3. The fraction of sp³-hybridized carbons (Fsp3) is 0.0500. The number of carbonyl (C=O) groups is 4. The number of anilines is 2. The van der Waals surface area contributed by atoms with Crippen molar-refractivity contribution in [3.63, 3.8) is 0 Å². The fourth-order valence-electron chi connectivity index (χ4n) is 5.33. The van der Waals surface area contributed by atoms with Crippen LogP contribution >= 0.6 is 0 Å². The molecule has 0 unspecified atom stereocenters. The van der Waals surface area contributed by atoms with Gasteiger partial charge in [-0.25, -0.2) is 19.6 Å². The largest absolute Gasteiger partial charge is 0.478 e. The molecule has 10 nitrogen and oxygen atoms in total. The molecule has 0 spiro atoms. The third-order valence-electron chi connectivity index (χ3n) is 7.99. The van der Waals surface area contributed by atoms with Crippen molar-refractivity contribution in [3.05, 3.63) is 155 Å². The molecule has 0 radical (unpaired) electrons. The Bertz CT molecular complexity index is 2230. The van der Waals surface area contributed by atoms with Gasteiger partial charge in [0.1, 0.15) is 0 Å². The van der Waals surface area contributed by atoms with Gasteiger partial charge < -0.3 is 20.5 Å². The molecule has 2 amide bonds. The van der Waals surface area contributed by atoms with Gasteiger partial charge >= 0.3 is 11.9 Å². The molecule has 3 N–H and O–H groups in total. The molecule has 0 saturated heterocycles. The van der Waals surface area contributed by atoms with E-state index in [1.807, 2.05) is 60.7 Å². The van der Waals surface area contributed by atoms with Crippen molar-refractivity contribution in [1.29, 1.82) is 0 Å². The van der Waals surface area contributed by atoms with Crippen LogP contribution in [-0.2, 0) is 4.74 Å². The first-order valence-electron chi connectivity index (χ1n) is 15.5. The van der Waals surface area contributed by atoms with Crippen LogP contribution < -0.4 is 10.6 Å². The van der Waals surface area contributed by atoms with E-state index >= 15 is 0 Å². The summed E-state index contributed by atoms with van der Waals surface area (Å²) in [7, 11) is 1.28. The van der Waals surface area contributed by atoms with E-state index in [1.165, 1.54) is 19.2 Å². The molecular weight excluding hydrogens is 632 g/mol. The average Bonchev–Trinajstić information content (AvgIpc) is 3.15. The molecule has 0 saturated carbocycles. The molecular formula is C40H30N4O6. The summed E-state index contributed by atoms with van der Waals surface area (Å²) in [6, 6.07) is 36.8. The number of aromatic nitrogens is 2. The van der Waals surface area contributed by atoms with E-state index in [0.29, 0.717) is 39.7 Å². The maximum atomic E-state index is 13.0. The third kappa shape index (κ3) is 7.29. The van der Waals surface area contributed by atoms with Crippen LogP contribution in [0.15, 0.2) is 127 Å². The first-order chi connectivity index (χ1) is 24.2. The lowest BCUT2D eigenvalue weighted by Crippen LogP contribution is -2.15. The molecule has 0 aliphatic heterocycles. The van der Waals surface area contributed by atoms with Gasteiger partial charge in [0.15, 0.2) is 5.82 Å². The number of esters is 1. The number of methoxy groups -OCH3 is 1. The van der Waals surface area contributed by atoms with E-state index in [0.717, 1.165) is 16.7 Å². The molecule has 246 valence electrons. The summed E-state index contributed by atoms with van der Waals surface area (Å²) < 4.78 is 4.75. The standard InChI is InChI=1S/C40H30N4O6/c1-24-32(12-7-13-33(24)39(47)48)38(46)42-31-20-16-26(17-21-31)35-23-34(43-36(44-35)27-8-4-3-5-9-27)25-14-18-30(19-15-25)41-37(45)28-10-6-11-29(22-28)40(49)50-2/h3-23H,1-2H3,(H,41,45)(H,42,46)(H,47,48). The van der Waals surface area contributed by atoms with Crippen LogP contribution in [0.2, 0.25) is 0 Å². The Morgan fingerprint density at radius 3 is 1.70 bits per heavy atom. The minimum absolute atomic E-state index is 0.0731. The summed E-state index contributed by atoms with van der Waals surface area (Å²) in [4.78, 5) is 59.0. The van der Waals surface area contributed by atoms with Crippen molar-refractivity contribution in [3.8, 4) is 33.9 Å². The quantitative estimate of drug-likeness (QED) is 0.133. The van der Waals surface area contributed by atoms with E-state index in [1.54, 1.807) is 61.5 Å². The number of carboxylic acid groups (broad SMARTS) is 1. The normalized spacial score (nSPS) is 10.6. The van der Waals surface area contributed by atoms with Crippen molar-refractivity contribution >= 4 is 35.1 Å². The molecule has 0 bridgehead atoms. The number of hydrogen-bond acceptors (Lipinski definition) is 7. The zero-order valence-electron chi connectivity index (χ0n) is 27.0. The van der Waals surface area contributed by atoms with Crippen molar-refractivity contribution < 1.29 is 29.0 Å². The van der Waals surface area contributed by atoms with Crippen molar-refractivity contribution in [2.24, 2.45) is 0 Å². The second-order valence-corrected chi connectivity index (χ2v) is 11.2. The number of amides is 2. The number of ether oxygens (including phenoxy) is 1. The highest BCUT2D eigenvalue weighted by Crippen LogP contribution is 2.29. The van der Waals surface area contributed by atoms with Gasteiger partial charge in [-0.05, 0) is 73.2 Å². The maximum Gasteiger partial charge on any atom is 0.337 e. The first-order valence-corrected chi connectivity index (χ1v) is 15.5. The Labute approximate surface area is 287 Å². The zero-order valence-corrected chi connectivity index (χ0v) is 27.0. The van der Waals surface area contributed by atoms with E-state index < -0.39 is 17.8 Å². The number of nitrogens with zero attached hydrogens (tertiary/aromatic N) is 2. The Morgan fingerprint density at radius 2 is 1.12 bits per heavy atom. The molecule has 10 heteroatoms. The Morgan fingerprint density at radius 1 is 0.580 bits per heavy atom. The minimum Gasteiger partial charge on any atom is -0.478 e. The summed E-state index contributed by atoms with van der Waals surface area (Å²) in [5.41, 5.74) is 6.14. The molecule has 0 fully saturated rings. The van der Waals surface area contributed by atoms with Gasteiger partial charge in [-0.2, -0.15) is 0 Å². The number of carboxylic acids is 1. The van der Waals surface area contributed by atoms with Crippen molar-refractivity contribution in [2.45, 2.75) is 6.92 Å². The lowest BCUT2D eigenvalue weighted by molar-refractivity contribution is 0.0599. The van der Waals surface area contributed by atoms with Gasteiger partial charge in [-0.1, -0.05) is 66.7 Å². The molecule has 1 aromatic heterocycles. The lowest BCUT2D eigenvalue weighted by Gasteiger charge is -2.12. The molecule has 6 aromatic rings. The van der Waals surface area contributed by atoms with Crippen LogP contribution in [0.25, 0.3) is 33.9 Å². The number of carbonyl (C=O) groups excluding carboxylic acids is 3. The number of rotatable bonds is 9. The van der Waals surface area contributed by atoms with Gasteiger partial charge in [0.25, 0.3) is 11.8 Å². The van der Waals surface area contributed by atoms with E-state index in [2.05, 4.69) is 10.6 Å². The Kier molecular flexibility index (Phi) is 9.53. The second-order valence-electron chi connectivity index (χ2n) is 11.2. The zero-order chi connectivity index (χ0) is 35.2. The fourth-order valence-corrected chi connectivity index (χ4v) is 5.33. The highest BCUT2D eigenvalue weighted by molar-refractivity contribution is 6.07. The van der Waals surface area contributed by atoms with Gasteiger partial charge in [-0.3, -0.25) is 9.59 Å². The minimum atomic E-state index is -1.09. The van der Waals surface area contributed by atoms with E-state index in [9.17, 15) is 24.3 Å². The molecule has 1 heterocycles. The topological polar surface area (TPSA) is 148 Å². The van der Waals surface area contributed by atoms with Crippen LogP contribution in [0.5, 0.6) is 0 Å². The molecule has 50 heavy (non-hydrogen) atoms. The Balaban J connectivity index is 1.25. The first kappa shape index (κ1) is 33.0. The van der Waals surface area contributed by atoms with Crippen LogP contribution in [0.3, 0.4) is 0 Å². The maximum absolute atomic E-state index is 13.0. The predicted molar refractivity (Wildman–Crippen MR) is 190 cm³/mol. The number of nitrogens with one attached hydrogen (secondary N) is 2. The Hall–Kier alpha value is -6.94. The second kappa shape index (κ2) is 14.4. The van der Waals surface area contributed by atoms with Crippen LogP contribution in [0, 0.1) is 6.92 Å². The van der Waals surface area contributed by atoms with E-state index in [-0.39, 0.29) is 22.6 Å².